The summed E-state index contributed by atoms with van der Waals surface area (Å²) in [6.45, 7) is 6.25. The van der Waals surface area contributed by atoms with Crippen LogP contribution in [0.15, 0.2) is 57.8 Å². The number of anilines is 1. The Morgan fingerprint density at radius 3 is 2.45 bits per heavy atom. The van der Waals surface area contributed by atoms with Gasteiger partial charge < -0.3 is 9.32 Å². The van der Waals surface area contributed by atoms with Gasteiger partial charge in [-0.15, -0.1) is 0 Å². The molecule has 1 N–H and O–H groups in total. The van der Waals surface area contributed by atoms with Crippen molar-refractivity contribution in [3.05, 3.63) is 54.1 Å². The predicted octanol–water partition coefficient (Wildman–Crippen LogP) is 4.15. The van der Waals surface area contributed by atoms with E-state index in [0.717, 1.165) is 42.6 Å². The minimum Gasteiger partial charge on any atom is -0.423 e. The summed E-state index contributed by atoms with van der Waals surface area (Å²) in [6, 6.07) is 15.5. The predicted molar refractivity (Wildman–Crippen MR) is 115 cm³/mol. The van der Waals surface area contributed by atoms with E-state index >= 15 is 0 Å². The van der Waals surface area contributed by atoms with Gasteiger partial charge in [-0.3, -0.25) is 0 Å². The highest BCUT2D eigenvalue weighted by Gasteiger charge is 2.24. The molecule has 1 fully saturated rings. The number of aromatic nitrogens is 1. The van der Waals surface area contributed by atoms with E-state index in [-0.39, 0.29) is 0 Å². The average Bonchev–Trinajstić information content (AvgIpc) is 3.17. The lowest BCUT2D eigenvalue weighted by Gasteiger charge is -2.30. The number of fused-ring (bicyclic) bond motifs is 1. The summed E-state index contributed by atoms with van der Waals surface area (Å²) >= 11 is 0. The summed E-state index contributed by atoms with van der Waals surface area (Å²) in [4.78, 5) is 7.01. The normalized spacial score (nSPS) is 16.0. The zero-order chi connectivity index (χ0) is 20.4. The van der Waals surface area contributed by atoms with Crippen LogP contribution in [0.25, 0.3) is 11.1 Å². The zero-order valence-electron chi connectivity index (χ0n) is 16.8. The molecule has 0 saturated carbocycles. The number of nitrogens with one attached hydrogen (secondary N) is 1. The lowest BCUT2D eigenvalue weighted by atomic mass is 9.97. The molecule has 0 bridgehead atoms. The van der Waals surface area contributed by atoms with Crippen LogP contribution in [0.2, 0.25) is 0 Å². The van der Waals surface area contributed by atoms with Crippen LogP contribution >= 0.6 is 0 Å². The molecular formula is C22H27N3O3S. The van der Waals surface area contributed by atoms with Gasteiger partial charge in [0, 0.05) is 19.6 Å². The fraction of sp³-hybridized carbons (Fsp3) is 0.409. The third-order valence-corrected chi connectivity index (χ3v) is 7.03. The SMILES string of the molecule is CC(C)c1ccc(S(=O)(=O)NCC2CCN(c3nc4ccccc4o3)CC2)cc1. The minimum atomic E-state index is -3.48. The fourth-order valence-corrected chi connectivity index (χ4v) is 4.78. The highest BCUT2D eigenvalue weighted by atomic mass is 32.2. The molecule has 0 radical (unpaired) electrons. The molecule has 2 heterocycles. The number of hydrogen-bond acceptors (Lipinski definition) is 5. The Morgan fingerprint density at radius 1 is 1.10 bits per heavy atom. The minimum absolute atomic E-state index is 0.306. The van der Waals surface area contributed by atoms with Crippen LogP contribution < -0.4 is 9.62 Å². The Labute approximate surface area is 172 Å². The van der Waals surface area contributed by atoms with Crippen LogP contribution in [0.3, 0.4) is 0 Å². The monoisotopic (exact) mass is 413 g/mol. The maximum atomic E-state index is 12.6. The van der Waals surface area contributed by atoms with Crippen molar-refractivity contribution >= 4 is 27.1 Å². The number of para-hydroxylation sites is 2. The first-order valence-electron chi connectivity index (χ1n) is 10.1. The standard InChI is InChI=1S/C22H27N3O3S/c1-16(2)18-7-9-19(10-8-18)29(26,27)23-15-17-11-13-25(14-12-17)22-24-20-5-3-4-6-21(20)28-22/h3-10,16-17,23H,11-15H2,1-2H3. The van der Waals surface area contributed by atoms with Crippen molar-refractivity contribution in [3.63, 3.8) is 0 Å². The summed E-state index contributed by atoms with van der Waals surface area (Å²) < 4.78 is 33.8. The number of oxazole rings is 1. The summed E-state index contributed by atoms with van der Waals surface area (Å²) in [5, 5.41) is 0. The van der Waals surface area contributed by atoms with Crippen molar-refractivity contribution in [1.29, 1.82) is 0 Å². The van der Waals surface area contributed by atoms with E-state index in [0.29, 0.717) is 29.3 Å². The lowest BCUT2D eigenvalue weighted by Crippen LogP contribution is -2.38. The average molecular weight is 414 g/mol. The van der Waals surface area contributed by atoms with E-state index < -0.39 is 10.0 Å². The molecule has 1 aliphatic rings. The first kappa shape index (κ1) is 19.9. The van der Waals surface area contributed by atoms with E-state index in [1.54, 1.807) is 12.1 Å². The number of piperidine rings is 1. The van der Waals surface area contributed by atoms with Crippen molar-refractivity contribution in [1.82, 2.24) is 9.71 Å². The Kier molecular flexibility index (Phi) is 5.61. The number of nitrogens with zero attached hydrogens (tertiary/aromatic N) is 2. The first-order chi connectivity index (χ1) is 13.9. The van der Waals surface area contributed by atoms with Crippen LogP contribution in [0.5, 0.6) is 0 Å². The van der Waals surface area contributed by atoms with Gasteiger partial charge in [0.25, 0.3) is 6.01 Å². The summed E-state index contributed by atoms with van der Waals surface area (Å²) in [6.07, 6.45) is 1.79. The molecule has 2 aromatic carbocycles. The molecule has 1 aliphatic heterocycles. The third kappa shape index (κ3) is 4.46. The van der Waals surface area contributed by atoms with Crippen molar-refractivity contribution < 1.29 is 12.8 Å². The molecule has 1 aromatic heterocycles. The molecular weight excluding hydrogens is 386 g/mol. The Bertz CT molecular complexity index is 1030. The number of benzene rings is 2. The Hall–Kier alpha value is -2.38. The molecule has 154 valence electrons. The zero-order valence-corrected chi connectivity index (χ0v) is 17.7. The van der Waals surface area contributed by atoms with E-state index in [4.69, 9.17) is 4.42 Å². The molecule has 29 heavy (non-hydrogen) atoms. The van der Waals surface area contributed by atoms with Gasteiger partial charge in [0.2, 0.25) is 10.0 Å². The van der Waals surface area contributed by atoms with E-state index in [1.807, 2.05) is 36.4 Å². The van der Waals surface area contributed by atoms with Gasteiger partial charge in [-0.25, -0.2) is 13.1 Å². The molecule has 0 aliphatic carbocycles. The lowest BCUT2D eigenvalue weighted by molar-refractivity contribution is 0.387. The molecule has 0 amide bonds. The molecule has 0 unspecified atom stereocenters. The maximum Gasteiger partial charge on any atom is 0.298 e. The summed E-state index contributed by atoms with van der Waals surface area (Å²) in [5.74, 6) is 0.687. The second-order valence-electron chi connectivity index (χ2n) is 7.97. The van der Waals surface area contributed by atoms with Gasteiger partial charge in [-0.05, 0) is 54.5 Å². The fourth-order valence-electron chi connectivity index (χ4n) is 3.67. The first-order valence-corrected chi connectivity index (χ1v) is 11.6. The second-order valence-corrected chi connectivity index (χ2v) is 9.74. The van der Waals surface area contributed by atoms with Gasteiger partial charge in [-0.2, -0.15) is 4.98 Å². The number of hydrogen-bond donors (Lipinski definition) is 1. The van der Waals surface area contributed by atoms with Crippen molar-refractivity contribution in [2.45, 2.75) is 37.5 Å². The number of sulfonamides is 1. The van der Waals surface area contributed by atoms with Gasteiger partial charge in [-0.1, -0.05) is 38.1 Å². The number of rotatable bonds is 6. The Balaban J connectivity index is 1.32. The smallest absolute Gasteiger partial charge is 0.298 e. The van der Waals surface area contributed by atoms with Crippen molar-refractivity contribution in [2.24, 2.45) is 5.92 Å². The van der Waals surface area contributed by atoms with Crippen molar-refractivity contribution in [2.75, 3.05) is 24.5 Å². The van der Waals surface area contributed by atoms with Gasteiger partial charge in [0.1, 0.15) is 5.52 Å². The topological polar surface area (TPSA) is 75.4 Å². The maximum absolute atomic E-state index is 12.6. The van der Waals surface area contributed by atoms with Crippen LogP contribution in [-0.2, 0) is 10.0 Å². The van der Waals surface area contributed by atoms with E-state index in [9.17, 15) is 8.42 Å². The van der Waals surface area contributed by atoms with Gasteiger partial charge >= 0.3 is 0 Å². The second kappa shape index (κ2) is 8.16. The largest absolute Gasteiger partial charge is 0.423 e. The van der Waals surface area contributed by atoms with Crippen LogP contribution in [0.1, 0.15) is 38.2 Å². The molecule has 0 atom stereocenters. The quantitative estimate of drug-likeness (QED) is 0.657. The van der Waals surface area contributed by atoms with Crippen LogP contribution in [0, 0.1) is 5.92 Å². The summed E-state index contributed by atoms with van der Waals surface area (Å²) in [5.41, 5.74) is 2.79. The third-order valence-electron chi connectivity index (χ3n) is 5.59. The molecule has 7 heteroatoms. The highest BCUT2D eigenvalue weighted by Crippen LogP contribution is 2.26. The van der Waals surface area contributed by atoms with Crippen molar-refractivity contribution in [3.8, 4) is 0 Å². The van der Waals surface area contributed by atoms with E-state index in [1.165, 1.54) is 0 Å². The van der Waals surface area contributed by atoms with Crippen LogP contribution in [-0.4, -0.2) is 33.0 Å². The Morgan fingerprint density at radius 2 is 1.79 bits per heavy atom. The highest BCUT2D eigenvalue weighted by molar-refractivity contribution is 7.89. The molecule has 6 nitrogen and oxygen atoms in total. The summed E-state index contributed by atoms with van der Waals surface area (Å²) in [7, 11) is -3.48. The van der Waals surface area contributed by atoms with Gasteiger partial charge in [0.15, 0.2) is 5.58 Å². The molecule has 4 rings (SSSR count). The molecule has 3 aromatic rings. The van der Waals surface area contributed by atoms with E-state index in [2.05, 4.69) is 28.5 Å². The van der Waals surface area contributed by atoms with Gasteiger partial charge in [0.05, 0.1) is 4.90 Å². The molecule has 1 saturated heterocycles. The molecule has 0 spiro atoms. The van der Waals surface area contributed by atoms with Crippen LogP contribution in [0.4, 0.5) is 6.01 Å².